The summed E-state index contributed by atoms with van der Waals surface area (Å²) in [6.45, 7) is 7.26. The molecule has 0 aliphatic rings. The molecule has 0 aliphatic carbocycles. The highest BCUT2D eigenvalue weighted by Gasteiger charge is 2.30. The molecule has 0 amide bonds. The van der Waals surface area contributed by atoms with E-state index in [0.29, 0.717) is 25.7 Å². The molecule has 92 heavy (non-hydrogen) atoms. The second-order valence-electron chi connectivity index (χ2n) is 26.8. The first-order valence-corrected chi connectivity index (χ1v) is 41.1. The molecule has 0 aromatic heterocycles. The second-order valence-corrected chi connectivity index (χ2v) is 29.7. The number of unbranched alkanes of at least 4 members (excludes halogenated alkanes) is 45. The van der Waals surface area contributed by atoms with Gasteiger partial charge in [0.1, 0.15) is 19.3 Å². The fourth-order valence-corrected chi connectivity index (χ4v) is 12.8. The van der Waals surface area contributed by atoms with Gasteiger partial charge >= 0.3 is 39.5 Å². The maximum absolute atomic E-state index is 13.1. The van der Waals surface area contributed by atoms with E-state index in [4.69, 9.17) is 37.0 Å². The van der Waals surface area contributed by atoms with Gasteiger partial charge in [-0.25, -0.2) is 9.13 Å². The van der Waals surface area contributed by atoms with Crippen LogP contribution in [0.25, 0.3) is 0 Å². The van der Waals surface area contributed by atoms with E-state index in [1.807, 2.05) is 0 Å². The van der Waals surface area contributed by atoms with Gasteiger partial charge in [-0.2, -0.15) is 0 Å². The number of esters is 4. The average Bonchev–Trinajstić information content (AvgIpc) is 3.74. The lowest BCUT2D eigenvalue weighted by atomic mass is 10.0. The zero-order chi connectivity index (χ0) is 67.7. The fourth-order valence-electron chi connectivity index (χ4n) is 11.2. The first-order chi connectivity index (χ1) is 44.5. The summed E-state index contributed by atoms with van der Waals surface area (Å²) in [6, 6.07) is 0. The smallest absolute Gasteiger partial charge is 0.462 e. The van der Waals surface area contributed by atoms with Crippen LogP contribution in [0.1, 0.15) is 381 Å². The molecule has 0 saturated carbocycles. The minimum absolute atomic E-state index is 0.108. The molecule has 546 valence electrons. The molecule has 2 unspecified atom stereocenters. The molecular formula is C73H142O17P2. The van der Waals surface area contributed by atoms with Crippen LogP contribution in [0.4, 0.5) is 0 Å². The summed E-state index contributed by atoms with van der Waals surface area (Å²) in [6.07, 6.45) is 54.1. The molecule has 0 rings (SSSR count). The van der Waals surface area contributed by atoms with Crippen molar-refractivity contribution < 1.29 is 80.2 Å². The zero-order valence-electron chi connectivity index (χ0n) is 59.7. The van der Waals surface area contributed by atoms with Crippen LogP contribution in [0, 0.1) is 5.92 Å². The van der Waals surface area contributed by atoms with Crippen molar-refractivity contribution in [3.05, 3.63) is 0 Å². The van der Waals surface area contributed by atoms with Crippen LogP contribution in [0.5, 0.6) is 0 Å². The Bertz CT molecular complexity index is 1770. The molecule has 0 bridgehead atoms. The number of aliphatic hydroxyl groups is 1. The molecule has 0 aromatic rings. The van der Waals surface area contributed by atoms with Gasteiger partial charge in [0.15, 0.2) is 12.2 Å². The minimum Gasteiger partial charge on any atom is -0.462 e. The van der Waals surface area contributed by atoms with Gasteiger partial charge in [-0.15, -0.1) is 0 Å². The summed E-state index contributed by atoms with van der Waals surface area (Å²) < 4.78 is 68.3. The van der Waals surface area contributed by atoms with Gasteiger partial charge in [0.05, 0.1) is 26.4 Å². The highest BCUT2D eigenvalue weighted by Crippen LogP contribution is 2.45. The minimum atomic E-state index is -4.95. The Kier molecular flexibility index (Phi) is 64.9. The van der Waals surface area contributed by atoms with Crippen LogP contribution >= 0.6 is 15.6 Å². The van der Waals surface area contributed by atoms with Crippen molar-refractivity contribution in [2.24, 2.45) is 5.92 Å². The Labute approximate surface area is 562 Å². The molecule has 0 saturated heterocycles. The molecule has 17 nitrogen and oxygen atoms in total. The molecule has 0 fully saturated rings. The van der Waals surface area contributed by atoms with Crippen LogP contribution in [0.2, 0.25) is 0 Å². The lowest BCUT2D eigenvalue weighted by Crippen LogP contribution is -2.30. The quantitative estimate of drug-likeness (QED) is 0.0222. The third-order valence-electron chi connectivity index (χ3n) is 17.0. The lowest BCUT2D eigenvalue weighted by Gasteiger charge is -2.21. The number of carbonyl (C=O) groups excluding carboxylic acids is 4. The van der Waals surface area contributed by atoms with Gasteiger partial charge in [-0.3, -0.25) is 37.3 Å². The number of rotatable bonds is 73. The summed E-state index contributed by atoms with van der Waals surface area (Å²) in [5.41, 5.74) is 0. The molecule has 19 heteroatoms. The summed E-state index contributed by atoms with van der Waals surface area (Å²) in [7, 11) is -9.90. The number of carbonyl (C=O) groups is 4. The number of phosphoric acid groups is 2. The summed E-state index contributed by atoms with van der Waals surface area (Å²) >= 11 is 0. The molecule has 3 N–H and O–H groups in total. The molecular weight excluding hydrogens is 1210 g/mol. The fraction of sp³-hybridized carbons (Fsp3) is 0.945. The zero-order valence-corrected chi connectivity index (χ0v) is 61.5. The van der Waals surface area contributed by atoms with Crippen molar-refractivity contribution in [1.29, 1.82) is 0 Å². The number of phosphoric ester groups is 2. The Morgan fingerprint density at radius 3 is 0.739 bits per heavy atom. The van der Waals surface area contributed by atoms with Crippen molar-refractivity contribution in [3.8, 4) is 0 Å². The number of aliphatic hydroxyl groups excluding tert-OH is 1. The van der Waals surface area contributed by atoms with E-state index in [1.165, 1.54) is 193 Å². The molecule has 0 aliphatic heterocycles. The third kappa shape index (κ3) is 66.7. The van der Waals surface area contributed by atoms with E-state index in [2.05, 4.69) is 34.6 Å². The predicted octanol–water partition coefficient (Wildman–Crippen LogP) is 21.3. The van der Waals surface area contributed by atoms with Crippen molar-refractivity contribution >= 4 is 39.5 Å². The van der Waals surface area contributed by atoms with Crippen molar-refractivity contribution in [3.63, 3.8) is 0 Å². The standard InChI is InChI=1S/C73H142O17P2/c1-6-9-12-15-18-20-22-24-30-33-37-42-47-52-57-71(76)84-63-69(90-73(78)59-54-49-44-39-35-31-27-25-26-29-32-36-41-45-50-55-66(4)5)65-88-92(81,82)86-61-67(74)60-85-91(79,80)87-64-68(62-83-70(75)56-51-46-40-17-14-11-8-3)89-72(77)58-53-48-43-38-34-28-23-21-19-16-13-10-7-2/h66-69,74H,6-65H2,1-5H3,(H,79,80)(H,81,82)/t67-,68+,69+/m0/s1. The largest absolute Gasteiger partial charge is 0.472 e. The van der Waals surface area contributed by atoms with Crippen molar-refractivity contribution in [2.75, 3.05) is 39.6 Å². The van der Waals surface area contributed by atoms with Crippen LogP contribution in [0.3, 0.4) is 0 Å². The van der Waals surface area contributed by atoms with Gasteiger partial charge in [0, 0.05) is 25.7 Å². The Morgan fingerprint density at radius 2 is 0.500 bits per heavy atom. The van der Waals surface area contributed by atoms with Crippen LogP contribution in [0.15, 0.2) is 0 Å². The first kappa shape index (κ1) is 90.1. The topological polar surface area (TPSA) is 237 Å². The maximum atomic E-state index is 13.1. The second kappa shape index (κ2) is 66.3. The van der Waals surface area contributed by atoms with Crippen LogP contribution in [-0.4, -0.2) is 96.7 Å². The average molecular weight is 1350 g/mol. The Balaban J connectivity index is 5.19. The summed E-state index contributed by atoms with van der Waals surface area (Å²) in [4.78, 5) is 72.6. The van der Waals surface area contributed by atoms with Crippen LogP contribution < -0.4 is 0 Å². The van der Waals surface area contributed by atoms with E-state index < -0.39 is 97.5 Å². The van der Waals surface area contributed by atoms with Crippen molar-refractivity contribution in [2.45, 2.75) is 400 Å². The highest BCUT2D eigenvalue weighted by molar-refractivity contribution is 7.47. The monoisotopic (exact) mass is 1350 g/mol. The number of ether oxygens (including phenoxy) is 4. The lowest BCUT2D eigenvalue weighted by molar-refractivity contribution is -0.161. The van der Waals surface area contributed by atoms with Gasteiger partial charge in [-0.05, 0) is 31.6 Å². The first-order valence-electron chi connectivity index (χ1n) is 38.1. The Morgan fingerprint density at radius 1 is 0.293 bits per heavy atom. The van der Waals surface area contributed by atoms with Gasteiger partial charge in [0.25, 0.3) is 0 Å². The molecule has 5 atom stereocenters. The third-order valence-corrected chi connectivity index (χ3v) is 18.9. The van der Waals surface area contributed by atoms with E-state index in [1.54, 1.807) is 0 Å². The van der Waals surface area contributed by atoms with Gasteiger partial charge in [0.2, 0.25) is 0 Å². The normalized spacial score (nSPS) is 14.0. The number of hydrogen-bond acceptors (Lipinski definition) is 15. The van der Waals surface area contributed by atoms with Gasteiger partial charge < -0.3 is 33.8 Å². The van der Waals surface area contributed by atoms with Crippen LogP contribution in [-0.2, 0) is 65.4 Å². The van der Waals surface area contributed by atoms with E-state index >= 15 is 0 Å². The van der Waals surface area contributed by atoms with Crippen molar-refractivity contribution in [1.82, 2.24) is 0 Å². The molecule has 0 radical (unpaired) electrons. The maximum Gasteiger partial charge on any atom is 0.472 e. The van der Waals surface area contributed by atoms with E-state index in [-0.39, 0.29) is 25.7 Å². The summed E-state index contributed by atoms with van der Waals surface area (Å²) in [5, 5.41) is 10.6. The molecule has 0 spiro atoms. The molecule has 0 aromatic carbocycles. The van der Waals surface area contributed by atoms with E-state index in [0.717, 1.165) is 109 Å². The number of hydrogen-bond donors (Lipinski definition) is 3. The van der Waals surface area contributed by atoms with E-state index in [9.17, 15) is 43.2 Å². The summed E-state index contributed by atoms with van der Waals surface area (Å²) in [5.74, 6) is -1.32. The van der Waals surface area contributed by atoms with Gasteiger partial charge in [-0.1, -0.05) is 330 Å². The predicted molar refractivity (Wildman–Crippen MR) is 372 cm³/mol. The highest BCUT2D eigenvalue weighted by atomic mass is 31.2. The molecule has 0 heterocycles. The SMILES string of the molecule is CCCCCCCCCCCCCCCCC(=O)OC[C@H](COP(=O)(O)OC[C@@H](O)COP(=O)(O)OC[C@@H](COC(=O)CCCCCCCCC)OC(=O)CCCCCCCCCCCCCCC)OC(=O)CCCCCCCCCCCCCCCCCC(C)C. The Hall–Kier alpha value is -1.94.